The Labute approximate surface area is 143 Å². The molecular formula is C16H19ClN2O5. The molecule has 7 nitrogen and oxygen atoms in total. The monoisotopic (exact) mass is 354 g/mol. The van der Waals surface area contributed by atoms with Crippen LogP contribution in [0.4, 0.5) is 0 Å². The number of carboxylic acids is 1. The lowest BCUT2D eigenvalue weighted by atomic mass is 9.92. The molecule has 0 aromatic carbocycles. The fraction of sp³-hybridized carbons (Fsp3) is 0.562. The van der Waals surface area contributed by atoms with E-state index in [1.54, 1.807) is 4.57 Å². The van der Waals surface area contributed by atoms with E-state index in [0.717, 1.165) is 6.42 Å². The Kier molecular flexibility index (Phi) is 4.40. The lowest BCUT2D eigenvalue weighted by molar-refractivity contribution is -0.119. The molecule has 130 valence electrons. The van der Waals surface area contributed by atoms with Crippen molar-refractivity contribution >= 4 is 29.3 Å². The van der Waals surface area contributed by atoms with Crippen molar-refractivity contribution in [3.8, 4) is 0 Å². The second kappa shape index (κ2) is 6.22. The molecule has 8 heteroatoms. The number of Topliss-reactive ketones (excluding diaryl/α,β-unsaturated/α-hetero) is 1. The quantitative estimate of drug-likeness (QED) is 0.633. The minimum atomic E-state index is -1.18. The summed E-state index contributed by atoms with van der Waals surface area (Å²) >= 11 is 6.14. The highest BCUT2D eigenvalue weighted by atomic mass is 35.5. The predicted molar refractivity (Wildman–Crippen MR) is 85.7 cm³/mol. The molecular weight excluding hydrogens is 336 g/mol. The highest BCUT2D eigenvalue weighted by Crippen LogP contribution is 2.33. The van der Waals surface area contributed by atoms with Gasteiger partial charge in [0, 0.05) is 31.0 Å². The predicted octanol–water partition coefficient (Wildman–Crippen LogP) is 1.65. The average molecular weight is 355 g/mol. The summed E-state index contributed by atoms with van der Waals surface area (Å²) in [6.07, 6.45) is 2.49. The highest BCUT2D eigenvalue weighted by molar-refractivity contribution is 6.47. The number of ether oxygens (including phenoxy) is 1. The zero-order valence-electron chi connectivity index (χ0n) is 13.4. The molecule has 0 unspecified atom stereocenters. The molecule has 0 saturated carbocycles. The Morgan fingerprint density at radius 2 is 1.96 bits per heavy atom. The third kappa shape index (κ3) is 2.82. The molecule has 1 amide bonds. The fourth-order valence-electron chi connectivity index (χ4n) is 3.37. The molecule has 1 fully saturated rings. The number of ketones is 1. The van der Waals surface area contributed by atoms with Crippen molar-refractivity contribution in [2.24, 2.45) is 0 Å². The molecule has 0 radical (unpaired) electrons. The van der Waals surface area contributed by atoms with E-state index in [0.29, 0.717) is 44.7 Å². The Bertz CT molecular complexity index is 719. The smallest absolute Gasteiger partial charge is 0.339 e. The SMILES string of the molecule is CC1(NC(=O)C(=O)c2c(Cl)c(C(=O)O)c3n2CCC3)CCOCC1. The third-order valence-corrected chi connectivity index (χ3v) is 5.12. The number of carboxylic acid groups (broad SMARTS) is 1. The summed E-state index contributed by atoms with van der Waals surface area (Å²) in [5, 5.41) is 12.0. The molecule has 2 N–H and O–H groups in total. The number of aromatic carboxylic acids is 1. The van der Waals surface area contributed by atoms with E-state index >= 15 is 0 Å². The largest absolute Gasteiger partial charge is 0.478 e. The van der Waals surface area contributed by atoms with Gasteiger partial charge in [0.1, 0.15) is 5.69 Å². The van der Waals surface area contributed by atoms with Gasteiger partial charge in [0.05, 0.1) is 10.6 Å². The molecule has 1 aromatic heterocycles. The molecule has 0 atom stereocenters. The molecule has 2 aliphatic heterocycles. The van der Waals surface area contributed by atoms with Crippen LogP contribution >= 0.6 is 11.6 Å². The summed E-state index contributed by atoms with van der Waals surface area (Å²) in [4.78, 5) is 36.5. The normalized spacial score (nSPS) is 18.9. The number of rotatable bonds is 4. The number of amides is 1. The summed E-state index contributed by atoms with van der Waals surface area (Å²) in [7, 11) is 0. The van der Waals surface area contributed by atoms with Crippen LogP contribution in [0.25, 0.3) is 0 Å². The van der Waals surface area contributed by atoms with Gasteiger partial charge >= 0.3 is 5.97 Å². The number of fused-ring (bicyclic) bond motifs is 1. The maximum absolute atomic E-state index is 12.6. The molecule has 24 heavy (non-hydrogen) atoms. The summed E-state index contributed by atoms with van der Waals surface area (Å²) in [6.45, 7) is 3.40. The topological polar surface area (TPSA) is 97.6 Å². The Balaban J connectivity index is 1.89. The average Bonchev–Trinajstić information content (AvgIpc) is 3.05. The van der Waals surface area contributed by atoms with E-state index in [1.165, 1.54) is 0 Å². The Hall–Kier alpha value is -1.86. The molecule has 3 rings (SSSR count). The third-order valence-electron chi connectivity index (χ3n) is 4.75. The van der Waals surface area contributed by atoms with Gasteiger partial charge in [0.2, 0.25) is 0 Å². The van der Waals surface area contributed by atoms with Crippen LogP contribution in [0.3, 0.4) is 0 Å². The van der Waals surface area contributed by atoms with E-state index in [9.17, 15) is 19.5 Å². The zero-order valence-corrected chi connectivity index (χ0v) is 14.1. The first-order valence-corrected chi connectivity index (χ1v) is 8.30. The number of aromatic nitrogens is 1. The number of nitrogens with one attached hydrogen (secondary N) is 1. The van der Waals surface area contributed by atoms with Crippen molar-refractivity contribution in [1.29, 1.82) is 0 Å². The second-order valence-electron chi connectivity index (χ2n) is 6.50. The van der Waals surface area contributed by atoms with Gasteiger partial charge in [-0.05, 0) is 32.6 Å². The van der Waals surface area contributed by atoms with Crippen LogP contribution in [-0.4, -0.2) is 46.1 Å². The van der Waals surface area contributed by atoms with Crippen LogP contribution in [0.5, 0.6) is 0 Å². The maximum Gasteiger partial charge on any atom is 0.339 e. The number of carbonyl (C=O) groups excluding carboxylic acids is 2. The first-order valence-electron chi connectivity index (χ1n) is 7.93. The van der Waals surface area contributed by atoms with Gasteiger partial charge in [-0.3, -0.25) is 9.59 Å². The van der Waals surface area contributed by atoms with Crippen LogP contribution < -0.4 is 5.32 Å². The van der Waals surface area contributed by atoms with Crippen LogP contribution in [0.15, 0.2) is 0 Å². The van der Waals surface area contributed by atoms with Gasteiger partial charge in [-0.25, -0.2) is 4.79 Å². The van der Waals surface area contributed by atoms with Crippen LogP contribution in [0, 0.1) is 0 Å². The van der Waals surface area contributed by atoms with E-state index in [2.05, 4.69) is 5.32 Å². The highest BCUT2D eigenvalue weighted by Gasteiger charge is 2.37. The fourth-order valence-corrected chi connectivity index (χ4v) is 3.75. The van der Waals surface area contributed by atoms with Gasteiger partial charge in [-0.1, -0.05) is 11.6 Å². The summed E-state index contributed by atoms with van der Waals surface area (Å²) in [5.41, 5.74) is -0.0775. The minimum absolute atomic E-state index is 0.0188. The number of carbonyl (C=O) groups is 3. The Morgan fingerprint density at radius 1 is 1.29 bits per heavy atom. The van der Waals surface area contributed by atoms with E-state index in [-0.39, 0.29) is 16.3 Å². The van der Waals surface area contributed by atoms with Crippen LogP contribution in [-0.2, 0) is 22.5 Å². The maximum atomic E-state index is 12.6. The summed E-state index contributed by atoms with van der Waals surface area (Å²) in [5.74, 6) is -2.73. The number of hydrogen-bond donors (Lipinski definition) is 2. The molecule has 2 aliphatic rings. The number of hydrogen-bond acceptors (Lipinski definition) is 4. The summed E-state index contributed by atoms with van der Waals surface area (Å²) in [6, 6.07) is 0. The lowest BCUT2D eigenvalue weighted by Gasteiger charge is -2.34. The van der Waals surface area contributed by atoms with E-state index in [1.807, 2.05) is 6.92 Å². The summed E-state index contributed by atoms with van der Waals surface area (Å²) < 4.78 is 6.84. The minimum Gasteiger partial charge on any atom is -0.478 e. The standard InChI is InChI=1S/C16H19ClN2O5/c1-16(4-7-24-8-5-16)18-14(21)13(20)12-11(17)10(15(22)23)9-3-2-6-19(9)12/h2-8H2,1H3,(H,18,21)(H,22,23). The first-order chi connectivity index (χ1) is 11.3. The van der Waals surface area contributed by atoms with Crippen LogP contribution in [0.1, 0.15) is 52.7 Å². The molecule has 1 saturated heterocycles. The van der Waals surface area contributed by atoms with Crippen molar-refractivity contribution in [3.63, 3.8) is 0 Å². The van der Waals surface area contributed by atoms with Crippen molar-refractivity contribution in [3.05, 3.63) is 22.0 Å². The molecule has 0 bridgehead atoms. The molecule has 0 aliphatic carbocycles. The van der Waals surface area contributed by atoms with Crippen molar-refractivity contribution in [2.75, 3.05) is 13.2 Å². The van der Waals surface area contributed by atoms with Crippen molar-refractivity contribution < 1.29 is 24.2 Å². The van der Waals surface area contributed by atoms with E-state index in [4.69, 9.17) is 16.3 Å². The van der Waals surface area contributed by atoms with Gasteiger partial charge < -0.3 is 19.7 Å². The molecule has 1 aromatic rings. The van der Waals surface area contributed by atoms with Crippen molar-refractivity contribution in [1.82, 2.24) is 9.88 Å². The number of halogens is 1. The van der Waals surface area contributed by atoms with Gasteiger partial charge in [0.25, 0.3) is 11.7 Å². The van der Waals surface area contributed by atoms with Crippen LogP contribution in [0.2, 0.25) is 5.02 Å². The molecule has 3 heterocycles. The molecule has 0 spiro atoms. The second-order valence-corrected chi connectivity index (χ2v) is 6.88. The first kappa shape index (κ1) is 17.0. The van der Waals surface area contributed by atoms with Crippen molar-refractivity contribution in [2.45, 2.75) is 44.7 Å². The Morgan fingerprint density at radius 3 is 2.58 bits per heavy atom. The lowest BCUT2D eigenvalue weighted by Crippen LogP contribution is -2.51. The van der Waals surface area contributed by atoms with Gasteiger partial charge in [-0.2, -0.15) is 0 Å². The zero-order chi connectivity index (χ0) is 17.5. The van der Waals surface area contributed by atoms with E-state index < -0.39 is 23.2 Å². The number of nitrogens with zero attached hydrogens (tertiary/aromatic N) is 1. The van der Waals surface area contributed by atoms with Gasteiger partial charge in [0.15, 0.2) is 0 Å². The van der Waals surface area contributed by atoms with Gasteiger partial charge in [-0.15, -0.1) is 0 Å².